The highest BCUT2D eigenvalue weighted by atomic mass is 16.3. The first-order valence-electron chi connectivity index (χ1n) is 15.9. The number of phenolic OH excluding ortho intramolecular Hbond substituents is 2. The number of hydrogen-bond donors (Lipinski definition) is 2. The maximum atomic E-state index is 12.1. The molecule has 212 valence electrons. The third-order valence-corrected chi connectivity index (χ3v) is 11.1. The second kappa shape index (κ2) is 11.0. The summed E-state index contributed by atoms with van der Waals surface area (Å²) < 4.78 is 0. The summed E-state index contributed by atoms with van der Waals surface area (Å²) in [7, 11) is 0. The van der Waals surface area contributed by atoms with Gasteiger partial charge in [-0.1, -0.05) is 98.9 Å². The van der Waals surface area contributed by atoms with Crippen molar-refractivity contribution in [2.24, 2.45) is 5.92 Å². The minimum absolute atomic E-state index is 0.0159. The fourth-order valence-corrected chi connectivity index (χ4v) is 8.46. The van der Waals surface area contributed by atoms with E-state index in [1.807, 2.05) is 0 Å². The molecule has 2 saturated carbocycles. The molecule has 0 aromatic heterocycles. The van der Waals surface area contributed by atoms with Gasteiger partial charge in [0, 0.05) is 28.2 Å². The molecule has 0 saturated heterocycles. The van der Waals surface area contributed by atoms with Crippen molar-refractivity contribution in [3.8, 4) is 11.5 Å². The van der Waals surface area contributed by atoms with Gasteiger partial charge in [-0.05, 0) is 89.4 Å². The molecule has 39 heavy (non-hydrogen) atoms. The van der Waals surface area contributed by atoms with E-state index in [9.17, 15) is 10.2 Å². The molecule has 0 aliphatic heterocycles. The van der Waals surface area contributed by atoms with Crippen LogP contribution in [0.3, 0.4) is 0 Å². The summed E-state index contributed by atoms with van der Waals surface area (Å²) in [5, 5.41) is 24.3. The number of benzene rings is 2. The summed E-state index contributed by atoms with van der Waals surface area (Å²) in [5.41, 5.74) is 9.81. The first kappa shape index (κ1) is 28.3. The minimum Gasteiger partial charge on any atom is -0.507 e. The van der Waals surface area contributed by atoms with Gasteiger partial charge in [0.25, 0.3) is 0 Å². The van der Waals surface area contributed by atoms with Crippen LogP contribution in [-0.2, 0) is 10.8 Å². The van der Waals surface area contributed by atoms with E-state index in [1.54, 1.807) is 0 Å². The van der Waals surface area contributed by atoms with E-state index >= 15 is 0 Å². The lowest BCUT2D eigenvalue weighted by Crippen LogP contribution is -2.27. The molecule has 2 heteroatoms. The molecule has 0 heterocycles. The van der Waals surface area contributed by atoms with Crippen LogP contribution in [0.2, 0.25) is 0 Å². The highest BCUT2D eigenvalue weighted by molar-refractivity contribution is 5.57. The molecule has 0 amide bonds. The maximum absolute atomic E-state index is 12.1. The third-order valence-electron chi connectivity index (χ3n) is 11.1. The largest absolute Gasteiger partial charge is 0.507 e. The second-order valence-electron chi connectivity index (χ2n) is 14.3. The van der Waals surface area contributed by atoms with Crippen LogP contribution in [0.4, 0.5) is 0 Å². The Labute approximate surface area is 237 Å². The lowest BCUT2D eigenvalue weighted by molar-refractivity contribution is 0.302. The van der Waals surface area contributed by atoms with Gasteiger partial charge >= 0.3 is 0 Å². The molecule has 1 atom stereocenters. The van der Waals surface area contributed by atoms with Crippen LogP contribution in [0.15, 0.2) is 35.4 Å². The van der Waals surface area contributed by atoms with Crippen LogP contribution in [0.5, 0.6) is 11.5 Å². The summed E-state index contributed by atoms with van der Waals surface area (Å²) in [6.07, 6.45) is 15.3. The van der Waals surface area contributed by atoms with E-state index in [2.05, 4.69) is 65.8 Å². The second-order valence-corrected chi connectivity index (χ2v) is 14.3. The summed E-state index contributed by atoms with van der Waals surface area (Å²) in [4.78, 5) is 0. The Morgan fingerprint density at radius 1 is 0.641 bits per heavy atom. The number of phenols is 2. The summed E-state index contributed by atoms with van der Waals surface area (Å²) in [6, 6.07) is 8.98. The topological polar surface area (TPSA) is 40.5 Å². The highest BCUT2D eigenvalue weighted by Gasteiger charge is 2.39. The zero-order valence-corrected chi connectivity index (χ0v) is 25.6. The molecule has 2 aromatic carbocycles. The molecule has 3 aliphatic rings. The van der Waals surface area contributed by atoms with Gasteiger partial charge in [-0.3, -0.25) is 0 Å². The van der Waals surface area contributed by atoms with Gasteiger partial charge in [-0.25, -0.2) is 0 Å². The molecule has 1 unspecified atom stereocenters. The van der Waals surface area contributed by atoms with E-state index in [0.29, 0.717) is 17.4 Å². The van der Waals surface area contributed by atoms with Crippen LogP contribution in [-0.4, -0.2) is 10.2 Å². The predicted molar refractivity (Wildman–Crippen MR) is 164 cm³/mol. The lowest BCUT2D eigenvalue weighted by atomic mass is 9.66. The fourth-order valence-electron chi connectivity index (χ4n) is 8.46. The van der Waals surface area contributed by atoms with Gasteiger partial charge in [-0.15, -0.1) is 0 Å². The Hall–Kier alpha value is -2.22. The Morgan fingerprint density at radius 3 is 1.49 bits per heavy atom. The molecular weight excluding hydrogens is 476 g/mol. The van der Waals surface area contributed by atoms with Gasteiger partial charge in [-0.2, -0.15) is 0 Å². The van der Waals surface area contributed by atoms with Crippen LogP contribution >= 0.6 is 0 Å². The maximum Gasteiger partial charge on any atom is 0.123 e. The first-order valence-corrected chi connectivity index (χ1v) is 15.9. The van der Waals surface area contributed by atoms with Crippen LogP contribution < -0.4 is 0 Å². The van der Waals surface area contributed by atoms with Crippen molar-refractivity contribution in [2.75, 3.05) is 0 Å². The van der Waals surface area contributed by atoms with Crippen molar-refractivity contribution in [2.45, 2.75) is 142 Å². The van der Waals surface area contributed by atoms with Gasteiger partial charge in [0.05, 0.1) is 0 Å². The predicted octanol–water partition coefficient (Wildman–Crippen LogP) is 10.4. The average molecular weight is 529 g/mol. The van der Waals surface area contributed by atoms with E-state index in [4.69, 9.17) is 0 Å². The standard InChI is InChI=1S/C37H52O2/c1-24-19-29(34(38)31(21-24)36(5)15-9-7-10-16-36)33(28-14-13-26(3)27(4)23-28)30-20-25(2)22-32(35(30)39)37(6)17-11-8-12-18-37/h19-22,28,33,38-39H,7-18,23H2,1-6H3. The Balaban J connectivity index is 1.71. The summed E-state index contributed by atoms with van der Waals surface area (Å²) >= 11 is 0. The zero-order chi connectivity index (χ0) is 27.9. The van der Waals surface area contributed by atoms with Gasteiger partial charge in [0.2, 0.25) is 0 Å². The fraction of sp³-hybridized carbons (Fsp3) is 0.622. The van der Waals surface area contributed by atoms with E-state index in [0.717, 1.165) is 67.2 Å². The number of allylic oxidation sites excluding steroid dienone is 2. The number of hydrogen-bond acceptors (Lipinski definition) is 2. The van der Waals surface area contributed by atoms with Crippen LogP contribution in [0.1, 0.15) is 150 Å². The van der Waals surface area contributed by atoms with Gasteiger partial charge in [0.15, 0.2) is 0 Å². The Kier molecular flexibility index (Phi) is 7.97. The van der Waals surface area contributed by atoms with E-state index in [-0.39, 0.29) is 16.7 Å². The SMILES string of the molecule is CC1=C(C)CC(C(c2cc(C)cc(C3(C)CCCCC3)c2O)c2cc(C)cc(C3(C)CCCCC3)c2O)CC1. The zero-order valence-electron chi connectivity index (χ0n) is 25.6. The molecule has 0 spiro atoms. The molecular formula is C37H52O2. The molecule has 2 nitrogen and oxygen atoms in total. The minimum atomic E-state index is -0.0234. The van der Waals surface area contributed by atoms with Crippen LogP contribution in [0, 0.1) is 19.8 Å². The normalized spacial score (nSPS) is 23.3. The average Bonchev–Trinajstić information content (AvgIpc) is 2.90. The van der Waals surface area contributed by atoms with Gasteiger partial charge < -0.3 is 10.2 Å². The van der Waals surface area contributed by atoms with Crippen molar-refractivity contribution >= 4 is 0 Å². The Bertz CT molecular complexity index is 1160. The quantitative estimate of drug-likeness (QED) is 0.379. The molecule has 3 aliphatic carbocycles. The molecule has 0 radical (unpaired) electrons. The Morgan fingerprint density at radius 2 is 1.08 bits per heavy atom. The summed E-state index contributed by atoms with van der Waals surface area (Å²) in [5.74, 6) is 1.31. The lowest BCUT2D eigenvalue weighted by Gasteiger charge is -2.39. The first-order chi connectivity index (χ1) is 18.5. The molecule has 2 fully saturated rings. The molecule has 0 bridgehead atoms. The van der Waals surface area contributed by atoms with Crippen molar-refractivity contribution in [1.29, 1.82) is 0 Å². The van der Waals surface area contributed by atoms with E-state index < -0.39 is 0 Å². The molecule has 2 aromatic rings. The number of rotatable bonds is 5. The highest BCUT2D eigenvalue weighted by Crippen LogP contribution is 2.53. The third kappa shape index (κ3) is 5.42. The van der Waals surface area contributed by atoms with Gasteiger partial charge in [0.1, 0.15) is 11.5 Å². The smallest absolute Gasteiger partial charge is 0.123 e. The van der Waals surface area contributed by atoms with Crippen molar-refractivity contribution in [3.05, 3.63) is 68.8 Å². The van der Waals surface area contributed by atoms with Crippen molar-refractivity contribution in [1.82, 2.24) is 0 Å². The van der Waals surface area contributed by atoms with Crippen LogP contribution in [0.25, 0.3) is 0 Å². The monoisotopic (exact) mass is 528 g/mol. The van der Waals surface area contributed by atoms with Crippen molar-refractivity contribution < 1.29 is 10.2 Å². The number of aryl methyl sites for hydroxylation is 2. The molecule has 2 N–H and O–H groups in total. The van der Waals surface area contributed by atoms with E-state index in [1.165, 1.54) is 60.8 Å². The van der Waals surface area contributed by atoms with Crippen molar-refractivity contribution in [3.63, 3.8) is 0 Å². The molecule has 5 rings (SSSR count). The number of aromatic hydroxyl groups is 2. The summed E-state index contributed by atoms with van der Waals surface area (Å²) in [6.45, 7) is 13.7.